The van der Waals surface area contributed by atoms with Gasteiger partial charge in [0.2, 0.25) is 0 Å². The van der Waals surface area contributed by atoms with E-state index in [9.17, 15) is 9.59 Å². The number of ether oxygens (including phenoxy) is 1. The number of halogens is 2. The lowest BCUT2D eigenvalue weighted by Gasteiger charge is -2.35. The summed E-state index contributed by atoms with van der Waals surface area (Å²) in [7, 11) is 0. The van der Waals surface area contributed by atoms with Gasteiger partial charge in [-0.25, -0.2) is 4.98 Å². The molecule has 1 saturated carbocycles. The van der Waals surface area contributed by atoms with Crippen LogP contribution in [0.5, 0.6) is 5.75 Å². The molecule has 2 atom stereocenters. The van der Waals surface area contributed by atoms with Crippen LogP contribution in [0.3, 0.4) is 0 Å². The zero-order chi connectivity index (χ0) is 22.2. The lowest BCUT2D eigenvalue weighted by molar-refractivity contribution is 0.0670. The molecule has 0 N–H and O–H groups in total. The summed E-state index contributed by atoms with van der Waals surface area (Å²) in [5.41, 5.74) is 2.31. The van der Waals surface area contributed by atoms with Gasteiger partial charge >= 0.3 is 0 Å². The molecule has 2 unspecified atom stereocenters. The predicted molar refractivity (Wildman–Crippen MR) is 120 cm³/mol. The van der Waals surface area contributed by atoms with E-state index in [-0.39, 0.29) is 16.9 Å². The SMILES string of the molecule is Cc1cn(-c2ccc3n(c2=O)CCN(CC24CC2COc2c(Cl)cc(Cl)cc24)C3=O)cn1. The zero-order valence-corrected chi connectivity index (χ0v) is 18.9. The Morgan fingerprint density at radius 1 is 1.22 bits per heavy atom. The maximum absolute atomic E-state index is 13.4. The molecule has 3 aliphatic rings. The average molecular weight is 471 g/mol. The summed E-state index contributed by atoms with van der Waals surface area (Å²) in [4.78, 5) is 32.5. The molecular formula is C23H20Cl2N4O3. The van der Waals surface area contributed by atoms with Crippen molar-refractivity contribution in [2.24, 2.45) is 5.92 Å². The standard InChI is InChI=1S/C23H20Cl2N4O3/c1-13-9-28(12-26-13)18-2-3-19-21(30)27(4-5-29(19)22(18)31)11-23-8-14(23)10-32-20-16(23)6-15(24)7-17(20)25/h2-3,6-7,9,12,14H,4-5,8,10-11H2,1H3. The van der Waals surface area contributed by atoms with Crippen molar-refractivity contribution in [1.29, 1.82) is 0 Å². The van der Waals surface area contributed by atoms with Crippen molar-refractivity contribution in [3.8, 4) is 11.4 Å². The van der Waals surface area contributed by atoms with Crippen molar-refractivity contribution in [1.82, 2.24) is 19.0 Å². The zero-order valence-electron chi connectivity index (χ0n) is 17.3. The van der Waals surface area contributed by atoms with Crippen LogP contribution in [0.2, 0.25) is 10.0 Å². The smallest absolute Gasteiger partial charge is 0.275 e. The Bertz CT molecular complexity index is 1350. The molecule has 2 aliphatic heterocycles. The van der Waals surface area contributed by atoms with E-state index in [1.807, 2.05) is 17.9 Å². The van der Waals surface area contributed by atoms with Crippen molar-refractivity contribution < 1.29 is 9.53 Å². The van der Waals surface area contributed by atoms with Crippen molar-refractivity contribution >= 4 is 29.1 Å². The summed E-state index contributed by atoms with van der Waals surface area (Å²) < 4.78 is 9.15. The Kier molecular flexibility index (Phi) is 4.26. The number of benzene rings is 1. The van der Waals surface area contributed by atoms with Crippen LogP contribution in [0.4, 0.5) is 0 Å². The van der Waals surface area contributed by atoms with Gasteiger partial charge in [-0.1, -0.05) is 23.2 Å². The molecule has 0 spiro atoms. The van der Waals surface area contributed by atoms with Crippen LogP contribution in [0, 0.1) is 12.8 Å². The first-order valence-electron chi connectivity index (χ1n) is 10.5. The van der Waals surface area contributed by atoms with Crippen molar-refractivity contribution in [3.63, 3.8) is 0 Å². The first-order chi connectivity index (χ1) is 15.4. The second-order valence-corrected chi connectivity index (χ2v) is 9.69. The van der Waals surface area contributed by atoms with Gasteiger partial charge in [0.25, 0.3) is 11.5 Å². The fourth-order valence-corrected chi connectivity index (χ4v) is 5.72. The largest absolute Gasteiger partial charge is 0.491 e. The summed E-state index contributed by atoms with van der Waals surface area (Å²) in [6, 6.07) is 7.02. The molecule has 2 aromatic heterocycles. The number of hydrogen-bond acceptors (Lipinski definition) is 4. The van der Waals surface area contributed by atoms with Gasteiger partial charge in [0.05, 0.1) is 23.7 Å². The third-order valence-corrected chi connectivity index (χ3v) is 7.42. The Balaban J connectivity index is 1.33. The number of hydrogen-bond donors (Lipinski definition) is 0. The minimum absolute atomic E-state index is 0.136. The van der Waals surface area contributed by atoms with E-state index in [1.54, 1.807) is 39.9 Å². The summed E-state index contributed by atoms with van der Waals surface area (Å²) in [6.45, 7) is 3.92. The van der Waals surface area contributed by atoms with Crippen LogP contribution in [0.1, 0.15) is 28.2 Å². The number of pyridine rings is 1. The molecule has 4 heterocycles. The summed E-state index contributed by atoms with van der Waals surface area (Å²) in [5, 5.41) is 1.06. The van der Waals surface area contributed by atoms with E-state index in [0.29, 0.717) is 59.3 Å². The minimum Gasteiger partial charge on any atom is -0.491 e. The number of rotatable bonds is 3. The van der Waals surface area contributed by atoms with Gasteiger partial charge in [-0.05, 0) is 37.6 Å². The lowest BCUT2D eigenvalue weighted by Crippen LogP contribution is -2.48. The number of carbonyl (C=O) groups is 1. The Morgan fingerprint density at radius 3 is 2.84 bits per heavy atom. The third-order valence-electron chi connectivity index (χ3n) is 6.92. The molecule has 1 fully saturated rings. The first kappa shape index (κ1) is 19.9. The lowest BCUT2D eigenvalue weighted by atomic mass is 9.89. The molecule has 3 aromatic rings. The van der Waals surface area contributed by atoms with Gasteiger partial charge in [-0.15, -0.1) is 0 Å². The van der Waals surface area contributed by atoms with Crippen molar-refractivity contribution in [2.45, 2.75) is 25.3 Å². The second kappa shape index (κ2) is 6.86. The van der Waals surface area contributed by atoms with Gasteiger partial charge in [-0.2, -0.15) is 0 Å². The number of carbonyl (C=O) groups excluding carboxylic acids is 1. The molecule has 9 heteroatoms. The number of fused-ring (bicyclic) bond motifs is 4. The maximum atomic E-state index is 13.4. The normalized spacial score (nSPS) is 23.3. The molecule has 1 aliphatic carbocycles. The summed E-state index contributed by atoms with van der Waals surface area (Å²) in [5.74, 6) is 0.863. The topological polar surface area (TPSA) is 69.4 Å². The van der Waals surface area contributed by atoms with Crippen molar-refractivity contribution in [3.05, 3.63) is 74.1 Å². The van der Waals surface area contributed by atoms with E-state index < -0.39 is 0 Å². The molecule has 0 radical (unpaired) electrons. The van der Waals surface area contributed by atoms with Crippen molar-refractivity contribution in [2.75, 3.05) is 19.7 Å². The van der Waals surface area contributed by atoms with Crippen LogP contribution < -0.4 is 10.3 Å². The van der Waals surface area contributed by atoms with Crippen LogP contribution in [0.15, 0.2) is 41.6 Å². The van der Waals surface area contributed by atoms with E-state index in [4.69, 9.17) is 27.9 Å². The highest BCUT2D eigenvalue weighted by Gasteiger charge is 2.60. The Morgan fingerprint density at radius 2 is 2.06 bits per heavy atom. The monoisotopic (exact) mass is 470 g/mol. The first-order valence-corrected chi connectivity index (χ1v) is 11.3. The molecule has 7 nitrogen and oxygen atoms in total. The fraction of sp³-hybridized carbons (Fsp3) is 0.348. The molecule has 1 aromatic carbocycles. The maximum Gasteiger partial charge on any atom is 0.275 e. The van der Waals surface area contributed by atoms with E-state index >= 15 is 0 Å². The fourth-order valence-electron chi connectivity index (χ4n) is 5.17. The molecule has 0 saturated heterocycles. The summed E-state index contributed by atoms with van der Waals surface area (Å²) >= 11 is 12.7. The average Bonchev–Trinajstić information content (AvgIpc) is 3.33. The van der Waals surface area contributed by atoms with E-state index in [0.717, 1.165) is 17.7 Å². The third kappa shape index (κ3) is 2.84. The molecule has 0 bridgehead atoms. The Hall–Kier alpha value is -2.77. The van der Waals surface area contributed by atoms with Gasteiger partial charge < -0.3 is 18.8 Å². The van der Waals surface area contributed by atoms with E-state index in [2.05, 4.69) is 4.98 Å². The summed E-state index contributed by atoms with van der Waals surface area (Å²) in [6.07, 6.45) is 4.33. The van der Waals surface area contributed by atoms with E-state index in [1.165, 1.54) is 0 Å². The number of aryl methyl sites for hydroxylation is 1. The quantitative estimate of drug-likeness (QED) is 0.587. The molecule has 1 amide bonds. The highest BCUT2D eigenvalue weighted by Crippen LogP contribution is 2.61. The minimum atomic E-state index is -0.200. The van der Waals surface area contributed by atoms with Crippen LogP contribution in [-0.4, -0.2) is 44.6 Å². The van der Waals surface area contributed by atoms with Crippen LogP contribution >= 0.6 is 23.2 Å². The number of nitrogens with zero attached hydrogens (tertiary/aromatic N) is 4. The second-order valence-electron chi connectivity index (χ2n) is 8.84. The highest BCUT2D eigenvalue weighted by molar-refractivity contribution is 6.35. The molecule has 164 valence electrons. The predicted octanol–water partition coefficient (Wildman–Crippen LogP) is 3.46. The number of imidazole rings is 1. The van der Waals surface area contributed by atoms with Gasteiger partial charge in [0.15, 0.2) is 0 Å². The van der Waals surface area contributed by atoms with Gasteiger partial charge in [0.1, 0.15) is 17.1 Å². The molecule has 32 heavy (non-hydrogen) atoms. The van der Waals surface area contributed by atoms with Crippen LogP contribution in [0.25, 0.3) is 5.69 Å². The number of aromatic nitrogens is 3. The Labute approximate surface area is 194 Å². The van der Waals surface area contributed by atoms with Gasteiger partial charge in [-0.3, -0.25) is 9.59 Å². The molecule has 6 rings (SSSR count). The van der Waals surface area contributed by atoms with Crippen LogP contribution in [-0.2, 0) is 12.0 Å². The highest BCUT2D eigenvalue weighted by atomic mass is 35.5. The van der Waals surface area contributed by atoms with Gasteiger partial charge in [0, 0.05) is 47.8 Å². The molecular weight excluding hydrogens is 451 g/mol. The number of amides is 1.